The number of hydrogen-bond donors (Lipinski definition) is 0. The fourth-order valence-electron chi connectivity index (χ4n) is 3.13. The van der Waals surface area contributed by atoms with Crippen molar-refractivity contribution in [2.24, 2.45) is 0 Å². The molecule has 1 aromatic rings. The summed E-state index contributed by atoms with van der Waals surface area (Å²) in [5.74, 6) is 1.05. The molecule has 0 bridgehead atoms. The fraction of sp³-hybridized carbons (Fsp3) is 0.923. The number of hydrogen-bond acceptors (Lipinski definition) is 5. The number of aromatic nitrogens is 4. The van der Waals surface area contributed by atoms with Gasteiger partial charge < -0.3 is 4.90 Å². The standard InChI is InChI=1S/C13H24N6/c1-17-7-9-18(10-8-17)11-13-14-15-16-19(13)12-5-3-2-4-6-12/h12H,2-11H2,1H3. The maximum Gasteiger partial charge on any atom is 0.165 e. The minimum absolute atomic E-state index is 0.534. The molecule has 1 aliphatic carbocycles. The molecule has 0 radical (unpaired) electrons. The highest BCUT2D eigenvalue weighted by Gasteiger charge is 2.22. The van der Waals surface area contributed by atoms with Crippen molar-refractivity contribution < 1.29 is 0 Å². The van der Waals surface area contributed by atoms with Crippen LogP contribution in [0.5, 0.6) is 0 Å². The summed E-state index contributed by atoms with van der Waals surface area (Å²) in [4.78, 5) is 4.84. The van der Waals surface area contributed by atoms with Gasteiger partial charge in [-0.15, -0.1) is 5.10 Å². The van der Waals surface area contributed by atoms with Gasteiger partial charge in [-0.2, -0.15) is 0 Å². The van der Waals surface area contributed by atoms with Gasteiger partial charge in [-0.05, 0) is 30.3 Å². The van der Waals surface area contributed by atoms with Crippen molar-refractivity contribution >= 4 is 0 Å². The van der Waals surface area contributed by atoms with Crippen LogP contribution in [0.3, 0.4) is 0 Å². The highest BCUT2D eigenvalue weighted by atomic mass is 15.6. The van der Waals surface area contributed by atoms with Crippen LogP contribution >= 0.6 is 0 Å². The van der Waals surface area contributed by atoms with Crippen LogP contribution in [0.25, 0.3) is 0 Å². The largest absolute Gasteiger partial charge is 0.304 e. The molecular formula is C13H24N6. The van der Waals surface area contributed by atoms with Gasteiger partial charge in [0.25, 0.3) is 0 Å². The summed E-state index contributed by atoms with van der Waals surface area (Å²) in [5, 5.41) is 12.4. The van der Waals surface area contributed by atoms with Crippen molar-refractivity contribution in [1.29, 1.82) is 0 Å². The number of piperazine rings is 1. The van der Waals surface area contributed by atoms with Crippen LogP contribution in [0.2, 0.25) is 0 Å². The van der Waals surface area contributed by atoms with Gasteiger partial charge >= 0.3 is 0 Å². The topological polar surface area (TPSA) is 50.1 Å². The lowest BCUT2D eigenvalue weighted by atomic mass is 9.95. The summed E-state index contributed by atoms with van der Waals surface area (Å²) in [5.41, 5.74) is 0. The predicted octanol–water partition coefficient (Wildman–Crippen LogP) is 0.926. The molecule has 19 heavy (non-hydrogen) atoms. The first-order valence-corrected chi connectivity index (χ1v) is 7.50. The molecule has 1 saturated heterocycles. The van der Waals surface area contributed by atoms with Crippen molar-refractivity contribution in [2.45, 2.75) is 44.7 Å². The molecule has 3 rings (SSSR count). The van der Waals surface area contributed by atoms with Crippen molar-refractivity contribution in [3.8, 4) is 0 Å². The number of nitrogens with zero attached hydrogens (tertiary/aromatic N) is 6. The van der Waals surface area contributed by atoms with Crippen LogP contribution in [0, 0.1) is 0 Å². The molecule has 1 saturated carbocycles. The third-order valence-corrected chi connectivity index (χ3v) is 4.44. The van der Waals surface area contributed by atoms with Crippen LogP contribution in [-0.4, -0.2) is 63.2 Å². The number of rotatable bonds is 3. The first kappa shape index (κ1) is 13.0. The van der Waals surface area contributed by atoms with E-state index in [1.54, 1.807) is 0 Å². The van der Waals surface area contributed by atoms with E-state index in [1.807, 2.05) is 0 Å². The first-order chi connectivity index (χ1) is 9.33. The normalized spacial score (nSPS) is 23.8. The second kappa shape index (κ2) is 5.96. The molecule has 0 unspecified atom stereocenters. The Bertz CT molecular complexity index is 390. The molecule has 6 heteroatoms. The summed E-state index contributed by atoms with van der Waals surface area (Å²) >= 11 is 0. The van der Waals surface area contributed by atoms with E-state index in [2.05, 4.69) is 37.1 Å². The monoisotopic (exact) mass is 264 g/mol. The molecule has 6 nitrogen and oxygen atoms in total. The van der Waals surface area contributed by atoms with Crippen molar-refractivity contribution in [3.63, 3.8) is 0 Å². The third-order valence-electron chi connectivity index (χ3n) is 4.44. The highest BCUT2D eigenvalue weighted by molar-refractivity contribution is 4.87. The molecule has 2 aliphatic rings. The van der Waals surface area contributed by atoms with Crippen LogP contribution in [0.15, 0.2) is 0 Å². The average molecular weight is 264 g/mol. The second-order valence-corrected chi connectivity index (χ2v) is 5.91. The Kier molecular flexibility index (Phi) is 4.08. The van der Waals surface area contributed by atoms with E-state index < -0.39 is 0 Å². The van der Waals surface area contributed by atoms with Crippen molar-refractivity contribution in [3.05, 3.63) is 5.82 Å². The van der Waals surface area contributed by atoms with E-state index in [0.717, 1.165) is 38.5 Å². The van der Waals surface area contributed by atoms with Crippen LogP contribution in [0.1, 0.15) is 44.0 Å². The summed E-state index contributed by atoms with van der Waals surface area (Å²) < 4.78 is 2.09. The van der Waals surface area contributed by atoms with Gasteiger partial charge in [0.2, 0.25) is 0 Å². The summed E-state index contributed by atoms with van der Waals surface area (Å²) in [6.45, 7) is 5.43. The zero-order valence-electron chi connectivity index (χ0n) is 11.8. The average Bonchev–Trinajstić information content (AvgIpc) is 2.90. The Morgan fingerprint density at radius 1 is 1.05 bits per heavy atom. The molecule has 0 atom stereocenters. The van der Waals surface area contributed by atoms with Crippen LogP contribution in [0.4, 0.5) is 0 Å². The molecule has 2 heterocycles. The Labute approximate surface area is 114 Å². The third kappa shape index (κ3) is 3.12. The Morgan fingerprint density at radius 3 is 2.53 bits per heavy atom. The molecule has 106 valence electrons. The van der Waals surface area contributed by atoms with Gasteiger partial charge in [0.15, 0.2) is 5.82 Å². The van der Waals surface area contributed by atoms with Gasteiger partial charge in [-0.1, -0.05) is 19.3 Å². The molecular weight excluding hydrogens is 240 g/mol. The van der Waals surface area contributed by atoms with E-state index in [9.17, 15) is 0 Å². The van der Waals surface area contributed by atoms with Gasteiger partial charge in [0.1, 0.15) is 0 Å². The lowest BCUT2D eigenvalue weighted by molar-refractivity contribution is 0.141. The molecule has 0 spiro atoms. The minimum atomic E-state index is 0.534. The first-order valence-electron chi connectivity index (χ1n) is 7.50. The van der Waals surface area contributed by atoms with Gasteiger partial charge in [0.05, 0.1) is 12.6 Å². The lowest BCUT2D eigenvalue weighted by Gasteiger charge is -2.32. The highest BCUT2D eigenvalue weighted by Crippen LogP contribution is 2.28. The predicted molar refractivity (Wildman–Crippen MR) is 72.7 cm³/mol. The van der Waals surface area contributed by atoms with Gasteiger partial charge in [-0.3, -0.25) is 4.90 Å². The zero-order chi connectivity index (χ0) is 13.1. The Morgan fingerprint density at radius 2 is 1.79 bits per heavy atom. The number of likely N-dealkylation sites (N-methyl/N-ethyl adjacent to an activating group) is 1. The minimum Gasteiger partial charge on any atom is -0.304 e. The zero-order valence-corrected chi connectivity index (χ0v) is 11.8. The SMILES string of the molecule is CN1CCN(Cc2nnnn2C2CCCCC2)CC1. The van der Waals surface area contributed by atoms with E-state index in [1.165, 1.54) is 32.1 Å². The van der Waals surface area contributed by atoms with Gasteiger partial charge in [-0.25, -0.2) is 4.68 Å². The molecule has 2 fully saturated rings. The van der Waals surface area contributed by atoms with E-state index in [0.29, 0.717) is 6.04 Å². The van der Waals surface area contributed by atoms with Crippen molar-refractivity contribution in [2.75, 3.05) is 33.2 Å². The molecule has 0 aromatic carbocycles. The Hall–Kier alpha value is -1.01. The van der Waals surface area contributed by atoms with Crippen LogP contribution < -0.4 is 0 Å². The fourth-order valence-corrected chi connectivity index (χ4v) is 3.13. The lowest BCUT2D eigenvalue weighted by Crippen LogP contribution is -2.44. The molecule has 1 aromatic heterocycles. The maximum absolute atomic E-state index is 4.25. The second-order valence-electron chi connectivity index (χ2n) is 5.91. The molecule has 0 amide bonds. The number of tetrazole rings is 1. The molecule has 0 N–H and O–H groups in total. The summed E-state index contributed by atoms with van der Waals surface area (Å²) in [7, 11) is 2.18. The van der Waals surface area contributed by atoms with E-state index in [-0.39, 0.29) is 0 Å². The quantitative estimate of drug-likeness (QED) is 0.813. The van der Waals surface area contributed by atoms with E-state index >= 15 is 0 Å². The van der Waals surface area contributed by atoms with Crippen LogP contribution in [-0.2, 0) is 6.54 Å². The molecule has 1 aliphatic heterocycles. The smallest absolute Gasteiger partial charge is 0.165 e. The summed E-state index contributed by atoms with van der Waals surface area (Å²) in [6, 6.07) is 0.534. The van der Waals surface area contributed by atoms with E-state index in [4.69, 9.17) is 0 Å². The summed E-state index contributed by atoms with van der Waals surface area (Å²) in [6.07, 6.45) is 6.48. The van der Waals surface area contributed by atoms with Gasteiger partial charge in [0, 0.05) is 26.2 Å². The van der Waals surface area contributed by atoms with Crippen molar-refractivity contribution in [1.82, 2.24) is 30.0 Å². The Balaban J connectivity index is 1.63. The maximum atomic E-state index is 4.25.